The van der Waals surface area contributed by atoms with E-state index in [2.05, 4.69) is 26.1 Å². The Morgan fingerprint density at radius 3 is 1.87 bits per heavy atom. The highest BCUT2D eigenvalue weighted by molar-refractivity contribution is 7.99. The van der Waals surface area contributed by atoms with Crippen LogP contribution in [0.15, 0.2) is 0 Å². The maximum absolute atomic E-state index is 12.3. The molecule has 2 N–H and O–H groups in total. The highest BCUT2D eigenvalue weighted by Crippen LogP contribution is 2.17. The Bertz CT molecular complexity index is 888. The summed E-state index contributed by atoms with van der Waals surface area (Å²) >= 11 is 2.00. The van der Waals surface area contributed by atoms with E-state index in [0.717, 1.165) is 50.7 Å². The fraction of sp³-hybridized carbons (Fsp3) is 0.861. The van der Waals surface area contributed by atoms with E-state index in [-0.39, 0.29) is 38.4 Å². The largest absolute Gasteiger partial charge is 0.481 e. The van der Waals surface area contributed by atoms with Crippen LogP contribution < -0.4 is 5.32 Å². The number of ketones is 2. The molecule has 0 rings (SSSR count). The first-order valence-electron chi connectivity index (χ1n) is 17.7. The second-order valence-electron chi connectivity index (χ2n) is 13.8. The number of aliphatic carboxylic acids is 1. The molecule has 10 nitrogen and oxygen atoms in total. The summed E-state index contributed by atoms with van der Waals surface area (Å²) in [4.78, 5) is 59.5. The molecule has 11 heteroatoms. The number of carboxylic acid groups (broad SMARTS) is 1. The predicted molar refractivity (Wildman–Crippen MR) is 188 cm³/mol. The molecule has 2 unspecified atom stereocenters. The average Bonchev–Trinajstić information content (AvgIpc) is 2.97. The van der Waals surface area contributed by atoms with Gasteiger partial charge in [-0.1, -0.05) is 46.5 Å². The van der Waals surface area contributed by atoms with E-state index in [9.17, 15) is 24.0 Å². The topological polar surface area (TPSA) is 145 Å². The van der Waals surface area contributed by atoms with Crippen molar-refractivity contribution in [3.05, 3.63) is 0 Å². The monoisotopic (exact) mass is 687 g/mol. The molecule has 0 saturated carbocycles. The molecule has 0 aliphatic heterocycles. The third-order valence-electron chi connectivity index (χ3n) is 7.70. The van der Waals surface area contributed by atoms with E-state index in [4.69, 9.17) is 19.3 Å². The van der Waals surface area contributed by atoms with E-state index in [1.807, 2.05) is 11.8 Å². The molecule has 0 aromatic heterocycles. The number of thioether (sulfide) groups is 1. The first-order valence-corrected chi connectivity index (χ1v) is 18.9. The standard InChI is InChI=1S/C36H65NO9S/c1-28(2)29(3)26-31(39)17-11-8-7-9-13-24-47-25-14-10-12-16-30(38)18-15-21-44-22-23-45-27-33(40)37-32(19-20-34(41)42)35(43)46-36(4,5)6/h28-29,32H,7-27H2,1-6H3,(H,37,40)(H,41,42). The molecular weight excluding hydrogens is 622 g/mol. The van der Waals surface area contributed by atoms with Gasteiger partial charge in [0.15, 0.2) is 0 Å². The lowest BCUT2D eigenvalue weighted by Crippen LogP contribution is -2.45. The van der Waals surface area contributed by atoms with Gasteiger partial charge in [0.1, 0.15) is 29.8 Å². The second-order valence-corrected chi connectivity index (χ2v) is 15.0. The zero-order chi connectivity index (χ0) is 35.5. The molecule has 0 heterocycles. The number of hydrogen-bond donors (Lipinski definition) is 2. The third-order valence-corrected chi connectivity index (χ3v) is 8.85. The molecule has 0 fully saturated rings. The SMILES string of the molecule is CC(C)C(C)CC(=O)CCCCCCCSCCCCCC(=O)CCCOCCOCC(=O)NC(CCC(=O)O)C(=O)OC(C)(C)C. The first-order chi connectivity index (χ1) is 22.2. The fourth-order valence-corrected chi connectivity index (χ4v) is 5.59. The van der Waals surface area contributed by atoms with Gasteiger partial charge in [-0.3, -0.25) is 19.2 Å². The number of nitrogens with one attached hydrogen (secondary N) is 1. The van der Waals surface area contributed by atoms with Crippen molar-refractivity contribution >= 4 is 41.2 Å². The van der Waals surface area contributed by atoms with Crippen molar-refractivity contribution in [1.29, 1.82) is 0 Å². The van der Waals surface area contributed by atoms with Gasteiger partial charge in [0, 0.05) is 38.7 Å². The Kier molecular flexibility index (Phi) is 26.7. The zero-order valence-corrected chi connectivity index (χ0v) is 31.0. The smallest absolute Gasteiger partial charge is 0.329 e. The highest BCUT2D eigenvalue weighted by atomic mass is 32.2. The molecule has 47 heavy (non-hydrogen) atoms. The quantitative estimate of drug-likeness (QED) is 0.0580. The van der Waals surface area contributed by atoms with Crippen LogP contribution in [0.3, 0.4) is 0 Å². The minimum Gasteiger partial charge on any atom is -0.481 e. The molecule has 0 aromatic rings. The van der Waals surface area contributed by atoms with Crippen LogP contribution in [0.4, 0.5) is 0 Å². The lowest BCUT2D eigenvalue weighted by Gasteiger charge is -2.24. The Labute approximate surface area is 288 Å². The van der Waals surface area contributed by atoms with E-state index < -0.39 is 29.5 Å². The van der Waals surface area contributed by atoms with Gasteiger partial charge in [-0.2, -0.15) is 11.8 Å². The van der Waals surface area contributed by atoms with Gasteiger partial charge in [-0.15, -0.1) is 0 Å². The maximum Gasteiger partial charge on any atom is 0.329 e. The maximum atomic E-state index is 12.3. The number of rotatable bonds is 31. The van der Waals surface area contributed by atoms with Crippen molar-refractivity contribution in [2.24, 2.45) is 11.8 Å². The minimum absolute atomic E-state index is 0.0810. The molecule has 274 valence electrons. The number of carboxylic acids is 1. The van der Waals surface area contributed by atoms with E-state index in [1.54, 1.807) is 20.8 Å². The van der Waals surface area contributed by atoms with Gasteiger partial charge in [0.2, 0.25) is 5.91 Å². The van der Waals surface area contributed by atoms with Gasteiger partial charge in [0.25, 0.3) is 0 Å². The Morgan fingerprint density at radius 1 is 0.702 bits per heavy atom. The molecule has 1 amide bonds. The number of hydrogen-bond acceptors (Lipinski definition) is 9. The predicted octanol–water partition coefficient (Wildman–Crippen LogP) is 6.95. The minimum atomic E-state index is -1.07. The van der Waals surface area contributed by atoms with Gasteiger partial charge < -0.3 is 24.6 Å². The average molecular weight is 688 g/mol. The van der Waals surface area contributed by atoms with Crippen molar-refractivity contribution in [2.45, 2.75) is 149 Å². The van der Waals surface area contributed by atoms with Crippen LogP contribution in [0.2, 0.25) is 0 Å². The summed E-state index contributed by atoms with van der Waals surface area (Å²) < 4.78 is 16.0. The van der Waals surface area contributed by atoms with E-state index in [0.29, 0.717) is 43.5 Å². The van der Waals surface area contributed by atoms with Crippen LogP contribution in [0, 0.1) is 11.8 Å². The lowest BCUT2D eigenvalue weighted by molar-refractivity contribution is -0.159. The van der Waals surface area contributed by atoms with Gasteiger partial charge in [-0.05, 0) is 82.6 Å². The number of amides is 1. The van der Waals surface area contributed by atoms with E-state index in [1.165, 1.54) is 25.0 Å². The number of Topliss-reactive ketones (excluding diaryl/α,β-unsaturated/α-hetero) is 2. The molecular formula is C36H65NO9S. The second kappa shape index (κ2) is 27.9. The van der Waals surface area contributed by atoms with Gasteiger partial charge in [-0.25, -0.2) is 4.79 Å². The van der Waals surface area contributed by atoms with Gasteiger partial charge in [0.05, 0.1) is 13.2 Å². The van der Waals surface area contributed by atoms with Crippen molar-refractivity contribution in [1.82, 2.24) is 5.32 Å². The van der Waals surface area contributed by atoms with E-state index >= 15 is 0 Å². The summed E-state index contributed by atoms with van der Waals surface area (Å²) in [6.07, 6.45) is 11.8. The van der Waals surface area contributed by atoms with Crippen LogP contribution in [0.1, 0.15) is 138 Å². The van der Waals surface area contributed by atoms with Crippen molar-refractivity contribution in [3.8, 4) is 0 Å². The van der Waals surface area contributed by atoms with Crippen LogP contribution in [-0.2, 0) is 38.2 Å². The Morgan fingerprint density at radius 2 is 1.26 bits per heavy atom. The molecule has 2 atom stereocenters. The molecule has 0 aliphatic rings. The fourth-order valence-electron chi connectivity index (χ4n) is 4.57. The Hall–Kier alpha value is -1.98. The molecule has 0 saturated heterocycles. The number of ether oxygens (including phenoxy) is 3. The summed E-state index contributed by atoms with van der Waals surface area (Å²) in [5.41, 5.74) is -0.765. The molecule has 0 aromatic carbocycles. The van der Waals surface area contributed by atoms with Gasteiger partial charge >= 0.3 is 11.9 Å². The molecule has 0 aliphatic carbocycles. The third kappa shape index (κ3) is 29.9. The van der Waals surface area contributed by atoms with Crippen LogP contribution in [0.25, 0.3) is 0 Å². The normalized spacial score (nSPS) is 12.9. The summed E-state index contributed by atoms with van der Waals surface area (Å²) in [6, 6.07) is -1.07. The van der Waals surface area contributed by atoms with Crippen molar-refractivity contribution in [2.75, 3.05) is 37.9 Å². The first kappa shape index (κ1) is 45.0. The molecule has 0 radical (unpaired) electrons. The summed E-state index contributed by atoms with van der Waals surface area (Å²) in [6.45, 7) is 12.2. The zero-order valence-electron chi connectivity index (χ0n) is 30.2. The lowest BCUT2D eigenvalue weighted by atomic mass is 9.91. The highest BCUT2D eigenvalue weighted by Gasteiger charge is 2.27. The Balaban J connectivity index is 3.66. The van der Waals surface area contributed by atoms with Crippen molar-refractivity contribution in [3.63, 3.8) is 0 Å². The summed E-state index contributed by atoms with van der Waals surface area (Å²) in [5, 5.41) is 11.4. The number of carbonyl (C=O) groups excluding carboxylic acids is 4. The van der Waals surface area contributed by atoms with Crippen molar-refractivity contribution < 1.29 is 43.3 Å². The molecule has 0 bridgehead atoms. The van der Waals surface area contributed by atoms with Crippen LogP contribution in [-0.4, -0.2) is 84.1 Å². The number of carbonyl (C=O) groups is 5. The summed E-state index contributed by atoms with van der Waals surface area (Å²) in [7, 11) is 0. The van der Waals surface area contributed by atoms with Crippen LogP contribution in [0.5, 0.6) is 0 Å². The summed E-state index contributed by atoms with van der Waals surface area (Å²) in [5.74, 6) is 1.75. The number of unbranched alkanes of at least 4 members (excludes halogenated alkanes) is 6. The number of esters is 1. The van der Waals surface area contributed by atoms with Crippen LogP contribution >= 0.6 is 11.8 Å². The molecule has 0 spiro atoms.